The topological polar surface area (TPSA) is 79.5 Å². The van der Waals surface area contributed by atoms with Crippen molar-refractivity contribution >= 4 is 23.6 Å². The Morgan fingerprint density at radius 3 is 2.71 bits per heavy atom. The molecule has 1 amide bonds. The van der Waals surface area contributed by atoms with Crippen LogP contribution in [0.5, 0.6) is 0 Å². The number of aliphatic carboxylic acids is 1. The lowest BCUT2D eigenvalue weighted by Gasteiger charge is -2.02. The molecule has 0 aliphatic heterocycles. The van der Waals surface area contributed by atoms with Crippen LogP contribution in [0.3, 0.4) is 0 Å². The van der Waals surface area contributed by atoms with Crippen LogP contribution in [0, 0.1) is 0 Å². The molecule has 0 saturated heterocycles. The van der Waals surface area contributed by atoms with E-state index in [1.54, 1.807) is 0 Å². The monoisotopic (exact) mass is 321 g/mol. The number of hydrogen-bond acceptors (Lipinski definition) is 4. The van der Waals surface area contributed by atoms with Crippen molar-refractivity contribution in [1.82, 2.24) is 5.32 Å². The molecule has 0 radical (unpaired) electrons. The van der Waals surface area contributed by atoms with Gasteiger partial charge in [-0.05, 0) is 25.0 Å². The third kappa shape index (κ3) is 7.69. The minimum atomic E-state index is -2.47. The minimum Gasteiger partial charge on any atom is -0.481 e. The van der Waals surface area contributed by atoms with Gasteiger partial charge in [0.2, 0.25) is 0 Å². The summed E-state index contributed by atoms with van der Waals surface area (Å²) >= 11 is 0.432. The predicted octanol–water partition coefficient (Wildman–Crippen LogP) is 3.11. The number of alkyl halides is 2. The SMILES string of the molecule is O=C(O)CCCCCNC(=O)c1ccc(CSC(F)F)o1. The first-order valence-corrected chi connectivity index (χ1v) is 7.52. The number of furan rings is 1. The number of rotatable bonds is 10. The quantitative estimate of drug-likeness (QED) is 0.647. The summed E-state index contributed by atoms with van der Waals surface area (Å²) in [6, 6.07) is 2.94. The lowest BCUT2D eigenvalue weighted by atomic mass is 10.2. The van der Waals surface area contributed by atoms with E-state index in [1.807, 2.05) is 0 Å². The van der Waals surface area contributed by atoms with E-state index >= 15 is 0 Å². The fourth-order valence-electron chi connectivity index (χ4n) is 1.59. The molecule has 0 fully saturated rings. The van der Waals surface area contributed by atoms with Gasteiger partial charge >= 0.3 is 5.97 Å². The molecule has 1 aromatic heterocycles. The predicted molar refractivity (Wildman–Crippen MR) is 74.4 cm³/mol. The Morgan fingerprint density at radius 2 is 2.05 bits per heavy atom. The molecule has 0 aliphatic carbocycles. The highest BCUT2D eigenvalue weighted by molar-refractivity contribution is 7.98. The van der Waals surface area contributed by atoms with Crippen LogP contribution in [-0.4, -0.2) is 29.3 Å². The fourth-order valence-corrected chi connectivity index (χ4v) is 2.04. The molecule has 0 aromatic carbocycles. The Kier molecular flexibility index (Phi) is 7.81. The number of carbonyl (C=O) groups excluding carboxylic acids is 1. The maximum atomic E-state index is 12.0. The van der Waals surface area contributed by atoms with Crippen molar-refractivity contribution in [3.8, 4) is 0 Å². The van der Waals surface area contributed by atoms with Crippen LogP contribution in [-0.2, 0) is 10.5 Å². The Morgan fingerprint density at radius 1 is 1.29 bits per heavy atom. The number of carboxylic acid groups (broad SMARTS) is 1. The summed E-state index contributed by atoms with van der Waals surface area (Å²) in [5.41, 5.74) is 0. The van der Waals surface area contributed by atoms with Gasteiger partial charge in [0.25, 0.3) is 11.7 Å². The molecule has 1 rings (SSSR count). The highest BCUT2D eigenvalue weighted by Crippen LogP contribution is 2.21. The van der Waals surface area contributed by atoms with Crippen molar-refractivity contribution in [3.63, 3.8) is 0 Å². The number of thioether (sulfide) groups is 1. The minimum absolute atomic E-state index is 0.0140. The second-order valence-corrected chi connectivity index (χ2v) is 5.28. The number of unbranched alkanes of at least 4 members (excludes halogenated alkanes) is 2. The molecule has 0 bridgehead atoms. The van der Waals surface area contributed by atoms with Crippen molar-refractivity contribution < 1.29 is 27.9 Å². The van der Waals surface area contributed by atoms with Crippen LogP contribution in [0.4, 0.5) is 8.78 Å². The van der Waals surface area contributed by atoms with E-state index in [1.165, 1.54) is 12.1 Å². The van der Waals surface area contributed by atoms with Gasteiger partial charge in [-0.1, -0.05) is 18.2 Å². The highest BCUT2D eigenvalue weighted by atomic mass is 32.2. The Bertz CT molecular complexity index is 465. The molecule has 8 heteroatoms. The van der Waals surface area contributed by atoms with E-state index in [4.69, 9.17) is 9.52 Å². The number of halogens is 2. The van der Waals surface area contributed by atoms with Gasteiger partial charge in [0.15, 0.2) is 5.76 Å². The van der Waals surface area contributed by atoms with Crippen molar-refractivity contribution in [2.24, 2.45) is 0 Å². The lowest BCUT2D eigenvalue weighted by molar-refractivity contribution is -0.137. The first-order chi connectivity index (χ1) is 9.99. The van der Waals surface area contributed by atoms with Crippen LogP contribution >= 0.6 is 11.8 Å². The molecule has 1 heterocycles. The van der Waals surface area contributed by atoms with E-state index in [9.17, 15) is 18.4 Å². The van der Waals surface area contributed by atoms with Crippen molar-refractivity contribution in [3.05, 3.63) is 23.7 Å². The third-order valence-corrected chi connectivity index (χ3v) is 3.29. The van der Waals surface area contributed by atoms with Gasteiger partial charge in [0.1, 0.15) is 5.76 Å². The molecule has 5 nitrogen and oxygen atoms in total. The second-order valence-electron chi connectivity index (χ2n) is 4.30. The largest absolute Gasteiger partial charge is 0.481 e. The Labute approximate surface area is 125 Å². The number of carboxylic acids is 1. The van der Waals surface area contributed by atoms with E-state index in [0.29, 0.717) is 43.3 Å². The van der Waals surface area contributed by atoms with Crippen LogP contribution in [0.2, 0.25) is 0 Å². The average Bonchev–Trinajstić information content (AvgIpc) is 2.88. The van der Waals surface area contributed by atoms with Gasteiger partial charge in [0.05, 0.1) is 5.75 Å². The number of carbonyl (C=O) groups is 2. The van der Waals surface area contributed by atoms with E-state index < -0.39 is 17.6 Å². The summed E-state index contributed by atoms with van der Waals surface area (Å²) in [6.07, 6.45) is 2.08. The number of amides is 1. The summed E-state index contributed by atoms with van der Waals surface area (Å²) in [7, 11) is 0. The lowest BCUT2D eigenvalue weighted by Crippen LogP contribution is -2.23. The summed E-state index contributed by atoms with van der Waals surface area (Å²) < 4.78 is 29.2. The standard InChI is InChI=1S/C13H17F2NO4S/c14-13(15)21-8-9-5-6-10(20-9)12(19)16-7-3-1-2-4-11(17)18/h5-6,13H,1-4,7-8H2,(H,16,19)(H,17,18). The molecule has 0 spiro atoms. The molecule has 0 unspecified atom stereocenters. The maximum Gasteiger partial charge on any atom is 0.303 e. The van der Waals surface area contributed by atoms with Gasteiger partial charge < -0.3 is 14.8 Å². The first kappa shape index (κ1) is 17.5. The number of hydrogen-bond donors (Lipinski definition) is 2. The Balaban J connectivity index is 2.21. The van der Waals surface area contributed by atoms with Gasteiger partial charge in [0, 0.05) is 13.0 Å². The maximum absolute atomic E-state index is 12.0. The molecular formula is C13H17F2NO4S. The van der Waals surface area contributed by atoms with Crippen LogP contribution < -0.4 is 5.32 Å². The highest BCUT2D eigenvalue weighted by Gasteiger charge is 2.12. The summed E-state index contributed by atoms with van der Waals surface area (Å²) in [4.78, 5) is 22.0. The first-order valence-electron chi connectivity index (χ1n) is 6.47. The van der Waals surface area contributed by atoms with E-state index in [0.717, 1.165) is 0 Å². The number of nitrogens with one attached hydrogen (secondary N) is 1. The van der Waals surface area contributed by atoms with Gasteiger partial charge in [-0.25, -0.2) is 0 Å². The van der Waals surface area contributed by atoms with Gasteiger partial charge in [-0.15, -0.1) is 0 Å². The van der Waals surface area contributed by atoms with Crippen LogP contribution in [0.1, 0.15) is 42.0 Å². The molecule has 1 aromatic rings. The normalized spacial score (nSPS) is 10.8. The van der Waals surface area contributed by atoms with Crippen molar-refractivity contribution in [1.29, 1.82) is 0 Å². The summed E-state index contributed by atoms with van der Waals surface area (Å²) in [6.45, 7) is 0.417. The smallest absolute Gasteiger partial charge is 0.303 e. The zero-order valence-electron chi connectivity index (χ0n) is 11.3. The molecule has 0 atom stereocenters. The molecule has 118 valence electrons. The zero-order valence-corrected chi connectivity index (χ0v) is 12.1. The van der Waals surface area contributed by atoms with Crippen LogP contribution in [0.15, 0.2) is 16.5 Å². The third-order valence-electron chi connectivity index (χ3n) is 2.59. The molecular weight excluding hydrogens is 304 g/mol. The summed E-state index contributed by atoms with van der Waals surface area (Å²) in [5.74, 6) is -3.28. The fraction of sp³-hybridized carbons (Fsp3) is 0.538. The van der Waals surface area contributed by atoms with Crippen molar-refractivity contribution in [2.75, 3.05) is 6.54 Å². The molecule has 0 aliphatic rings. The van der Waals surface area contributed by atoms with Crippen molar-refractivity contribution in [2.45, 2.75) is 37.2 Å². The van der Waals surface area contributed by atoms with E-state index in [2.05, 4.69) is 5.32 Å². The van der Waals surface area contributed by atoms with Gasteiger partial charge in [-0.3, -0.25) is 9.59 Å². The van der Waals surface area contributed by atoms with Gasteiger partial charge in [-0.2, -0.15) is 8.78 Å². The summed E-state index contributed by atoms with van der Waals surface area (Å²) in [5, 5.41) is 11.1. The average molecular weight is 321 g/mol. The zero-order chi connectivity index (χ0) is 15.7. The molecule has 0 saturated carbocycles. The molecule has 21 heavy (non-hydrogen) atoms. The van der Waals surface area contributed by atoms with Crippen LogP contribution in [0.25, 0.3) is 0 Å². The molecule has 2 N–H and O–H groups in total. The second kappa shape index (κ2) is 9.38. The Hall–Kier alpha value is -1.57. The van der Waals surface area contributed by atoms with E-state index in [-0.39, 0.29) is 17.9 Å².